The molecular formula is C16H17NS2. The molecule has 0 aliphatic rings. The van der Waals surface area contributed by atoms with Crippen LogP contribution in [-0.4, -0.2) is 0 Å². The third kappa shape index (κ3) is 2.59. The molecule has 0 aliphatic carbocycles. The molecule has 1 atom stereocenters. The van der Waals surface area contributed by atoms with Gasteiger partial charge in [0, 0.05) is 22.2 Å². The van der Waals surface area contributed by atoms with Gasteiger partial charge >= 0.3 is 0 Å². The number of hydrogen-bond donors (Lipinski definition) is 1. The molecule has 98 valence electrons. The quantitative estimate of drug-likeness (QED) is 0.702. The van der Waals surface area contributed by atoms with Gasteiger partial charge < -0.3 is 5.32 Å². The van der Waals surface area contributed by atoms with Gasteiger partial charge in [0.1, 0.15) is 0 Å². The zero-order chi connectivity index (χ0) is 13.2. The molecule has 19 heavy (non-hydrogen) atoms. The van der Waals surface area contributed by atoms with Crippen molar-refractivity contribution in [1.29, 1.82) is 0 Å². The summed E-state index contributed by atoms with van der Waals surface area (Å²) in [5, 5.41) is 9.35. The van der Waals surface area contributed by atoms with Gasteiger partial charge in [-0.05, 0) is 53.3 Å². The highest BCUT2D eigenvalue weighted by Gasteiger charge is 2.13. The first-order valence-electron chi connectivity index (χ1n) is 6.48. The number of aryl methyl sites for hydroxylation is 1. The molecule has 0 radical (unpaired) electrons. The Morgan fingerprint density at radius 1 is 1.21 bits per heavy atom. The summed E-state index contributed by atoms with van der Waals surface area (Å²) in [6, 6.07) is 11.2. The van der Waals surface area contributed by atoms with Gasteiger partial charge in [-0.15, -0.1) is 11.3 Å². The summed E-state index contributed by atoms with van der Waals surface area (Å²) in [4.78, 5) is 1.46. The Morgan fingerprint density at radius 2 is 2.05 bits per heavy atom. The lowest BCUT2D eigenvalue weighted by Gasteiger charge is -2.12. The number of thiophene rings is 2. The first-order valence-corrected chi connectivity index (χ1v) is 8.24. The topological polar surface area (TPSA) is 12.0 Å². The number of fused-ring (bicyclic) bond motifs is 1. The fourth-order valence-corrected chi connectivity index (χ4v) is 4.27. The van der Waals surface area contributed by atoms with E-state index < -0.39 is 0 Å². The highest BCUT2D eigenvalue weighted by Crippen LogP contribution is 2.34. The minimum Gasteiger partial charge on any atom is -0.305 e. The number of hydrogen-bond acceptors (Lipinski definition) is 3. The second-order valence-electron chi connectivity index (χ2n) is 4.82. The average Bonchev–Trinajstić information content (AvgIpc) is 3.05. The minimum atomic E-state index is 0.400. The lowest BCUT2D eigenvalue weighted by atomic mass is 10.1. The predicted molar refractivity (Wildman–Crippen MR) is 86.1 cm³/mol. The van der Waals surface area contributed by atoms with Gasteiger partial charge in [-0.25, -0.2) is 0 Å². The zero-order valence-corrected chi connectivity index (χ0v) is 12.8. The van der Waals surface area contributed by atoms with E-state index in [-0.39, 0.29) is 0 Å². The zero-order valence-electron chi connectivity index (χ0n) is 11.1. The fraction of sp³-hybridized carbons (Fsp3) is 0.250. The van der Waals surface area contributed by atoms with Crippen molar-refractivity contribution < 1.29 is 0 Å². The molecule has 3 heteroatoms. The van der Waals surface area contributed by atoms with E-state index in [1.165, 1.54) is 26.1 Å². The molecule has 3 aromatic rings. The van der Waals surface area contributed by atoms with Crippen LogP contribution in [0.1, 0.15) is 29.0 Å². The first kappa shape index (κ1) is 12.9. The van der Waals surface area contributed by atoms with Crippen LogP contribution in [0.3, 0.4) is 0 Å². The lowest BCUT2D eigenvalue weighted by Crippen LogP contribution is -2.17. The van der Waals surface area contributed by atoms with E-state index in [0.717, 1.165) is 6.54 Å². The Bertz CT molecular complexity index is 667. The Balaban J connectivity index is 1.81. The molecule has 2 aromatic heterocycles. The van der Waals surface area contributed by atoms with Crippen molar-refractivity contribution in [1.82, 2.24) is 5.32 Å². The Morgan fingerprint density at radius 3 is 2.79 bits per heavy atom. The SMILES string of the molecule is Cc1c(C(C)NCc2ccsc2)sc2ccccc12. The Kier molecular flexibility index (Phi) is 3.69. The van der Waals surface area contributed by atoms with Gasteiger partial charge in [0.2, 0.25) is 0 Å². The fourth-order valence-electron chi connectivity index (χ4n) is 2.36. The van der Waals surface area contributed by atoms with Crippen molar-refractivity contribution in [3.8, 4) is 0 Å². The first-order chi connectivity index (χ1) is 9.25. The minimum absolute atomic E-state index is 0.400. The van der Waals surface area contributed by atoms with Crippen LogP contribution in [0.4, 0.5) is 0 Å². The van der Waals surface area contributed by atoms with Crippen LogP contribution in [0.2, 0.25) is 0 Å². The van der Waals surface area contributed by atoms with Gasteiger partial charge in [-0.3, -0.25) is 0 Å². The maximum Gasteiger partial charge on any atom is 0.0391 e. The molecule has 0 fully saturated rings. The van der Waals surface area contributed by atoms with Crippen molar-refractivity contribution >= 4 is 32.8 Å². The van der Waals surface area contributed by atoms with Crippen LogP contribution in [0, 0.1) is 6.92 Å². The van der Waals surface area contributed by atoms with Crippen LogP contribution in [0.25, 0.3) is 10.1 Å². The van der Waals surface area contributed by atoms with E-state index in [4.69, 9.17) is 0 Å². The van der Waals surface area contributed by atoms with Crippen LogP contribution >= 0.6 is 22.7 Å². The molecule has 1 N–H and O–H groups in total. The van der Waals surface area contributed by atoms with Crippen molar-refractivity contribution in [3.05, 3.63) is 57.1 Å². The van der Waals surface area contributed by atoms with Crippen LogP contribution in [0.5, 0.6) is 0 Å². The molecule has 1 aromatic carbocycles. The normalized spacial score (nSPS) is 12.9. The Labute approximate surface area is 121 Å². The number of nitrogens with one attached hydrogen (secondary N) is 1. The summed E-state index contributed by atoms with van der Waals surface area (Å²) in [5.41, 5.74) is 2.79. The van der Waals surface area contributed by atoms with Gasteiger partial charge in [0.25, 0.3) is 0 Å². The van der Waals surface area contributed by atoms with Crippen molar-refractivity contribution in [2.45, 2.75) is 26.4 Å². The molecule has 0 aliphatic heterocycles. The molecule has 3 rings (SSSR count). The molecule has 0 spiro atoms. The van der Waals surface area contributed by atoms with Gasteiger partial charge in [0.05, 0.1) is 0 Å². The number of rotatable bonds is 4. The van der Waals surface area contributed by atoms with Crippen LogP contribution in [0.15, 0.2) is 41.1 Å². The van der Waals surface area contributed by atoms with Crippen molar-refractivity contribution in [3.63, 3.8) is 0 Å². The highest BCUT2D eigenvalue weighted by molar-refractivity contribution is 7.19. The van der Waals surface area contributed by atoms with Crippen LogP contribution in [-0.2, 0) is 6.54 Å². The smallest absolute Gasteiger partial charge is 0.0391 e. The summed E-state index contributed by atoms with van der Waals surface area (Å²) >= 11 is 3.67. The Hall–Kier alpha value is -1.16. The van der Waals surface area contributed by atoms with E-state index >= 15 is 0 Å². The van der Waals surface area contributed by atoms with E-state index in [2.05, 4.69) is 60.3 Å². The van der Waals surface area contributed by atoms with Gasteiger partial charge in [0.15, 0.2) is 0 Å². The summed E-state index contributed by atoms with van der Waals surface area (Å²) in [7, 11) is 0. The lowest BCUT2D eigenvalue weighted by molar-refractivity contribution is 0.582. The molecule has 1 nitrogen and oxygen atoms in total. The van der Waals surface area contributed by atoms with E-state index in [9.17, 15) is 0 Å². The van der Waals surface area contributed by atoms with Crippen molar-refractivity contribution in [2.75, 3.05) is 0 Å². The van der Waals surface area contributed by atoms with Crippen LogP contribution < -0.4 is 5.32 Å². The standard InChI is InChI=1S/C16H17NS2/c1-11-14-5-3-4-6-15(14)19-16(11)12(2)17-9-13-7-8-18-10-13/h3-8,10,12,17H,9H2,1-2H3. The molecule has 2 heterocycles. The second-order valence-corrected chi connectivity index (χ2v) is 6.69. The summed E-state index contributed by atoms with van der Waals surface area (Å²) in [6.07, 6.45) is 0. The maximum atomic E-state index is 3.62. The third-order valence-corrected chi connectivity index (χ3v) is 5.65. The molecule has 0 saturated heterocycles. The summed E-state index contributed by atoms with van der Waals surface area (Å²) < 4.78 is 1.39. The van der Waals surface area contributed by atoms with Gasteiger partial charge in [-0.2, -0.15) is 11.3 Å². The number of benzene rings is 1. The molecule has 0 amide bonds. The summed E-state index contributed by atoms with van der Waals surface area (Å²) in [5.74, 6) is 0. The molecular weight excluding hydrogens is 270 g/mol. The van der Waals surface area contributed by atoms with E-state index in [1.807, 2.05) is 11.3 Å². The average molecular weight is 287 g/mol. The monoisotopic (exact) mass is 287 g/mol. The van der Waals surface area contributed by atoms with Crippen molar-refractivity contribution in [2.24, 2.45) is 0 Å². The van der Waals surface area contributed by atoms with E-state index in [0.29, 0.717) is 6.04 Å². The molecule has 0 bridgehead atoms. The summed E-state index contributed by atoms with van der Waals surface area (Å²) in [6.45, 7) is 5.43. The van der Waals surface area contributed by atoms with E-state index in [1.54, 1.807) is 11.3 Å². The second kappa shape index (κ2) is 5.45. The highest BCUT2D eigenvalue weighted by atomic mass is 32.1. The maximum absolute atomic E-state index is 3.62. The largest absolute Gasteiger partial charge is 0.305 e. The molecule has 0 saturated carbocycles. The molecule has 1 unspecified atom stereocenters. The predicted octanol–water partition coefficient (Wildman–Crippen LogP) is 5.12. The van der Waals surface area contributed by atoms with Gasteiger partial charge in [-0.1, -0.05) is 18.2 Å². The third-order valence-electron chi connectivity index (χ3n) is 3.47.